The van der Waals surface area contributed by atoms with Crippen LogP contribution in [-0.4, -0.2) is 31.2 Å². The Morgan fingerprint density at radius 3 is 2.85 bits per heavy atom. The molecule has 7 heteroatoms. The lowest BCUT2D eigenvalue weighted by Crippen LogP contribution is -2.33. The van der Waals surface area contributed by atoms with Gasteiger partial charge in [-0.15, -0.1) is 12.4 Å². The van der Waals surface area contributed by atoms with Crippen molar-refractivity contribution in [3.8, 4) is 11.5 Å². The average molecular weight is 390 g/mol. The van der Waals surface area contributed by atoms with E-state index in [9.17, 15) is 4.39 Å². The second-order valence-corrected chi connectivity index (χ2v) is 6.65. The molecule has 0 unspecified atom stereocenters. The molecular weight excluding hydrogens is 369 g/mol. The first kappa shape index (κ1) is 18.1. The lowest BCUT2D eigenvalue weighted by atomic mass is 10.1. The summed E-state index contributed by atoms with van der Waals surface area (Å²) in [6.07, 6.45) is 0.652. The van der Waals surface area contributed by atoms with Gasteiger partial charge in [-0.05, 0) is 30.7 Å². The van der Waals surface area contributed by atoms with E-state index in [1.807, 2.05) is 24.3 Å². The maximum Gasteiger partial charge on any atom is 0.158 e. The van der Waals surface area contributed by atoms with Gasteiger partial charge in [0.1, 0.15) is 17.7 Å². The molecule has 5 rings (SSSR count). The number of ether oxygens (including phenoxy) is 2. The molecule has 0 saturated carbocycles. The molecule has 0 radical (unpaired) electrons. The van der Waals surface area contributed by atoms with Crippen LogP contribution in [0, 0.1) is 5.82 Å². The van der Waals surface area contributed by atoms with Crippen LogP contribution in [0.5, 0.6) is 11.5 Å². The molecule has 2 aliphatic heterocycles. The van der Waals surface area contributed by atoms with E-state index in [4.69, 9.17) is 9.47 Å². The Bertz CT molecular complexity index is 969. The van der Waals surface area contributed by atoms with Crippen LogP contribution >= 0.6 is 12.4 Å². The summed E-state index contributed by atoms with van der Waals surface area (Å²) >= 11 is 0. The Morgan fingerprint density at radius 2 is 2.00 bits per heavy atom. The highest BCUT2D eigenvalue weighted by Gasteiger charge is 2.26. The Labute approximate surface area is 162 Å². The molecule has 3 heterocycles. The third-order valence-electron chi connectivity index (χ3n) is 5.04. The van der Waals surface area contributed by atoms with Gasteiger partial charge in [-0.3, -0.25) is 0 Å². The molecule has 0 aliphatic carbocycles. The van der Waals surface area contributed by atoms with Crippen molar-refractivity contribution in [3.63, 3.8) is 0 Å². The number of halogens is 2. The summed E-state index contributed by atoms with van der Waals surface area (Å²) in [6.45, 7) is 2.97. The van der Waals surface area contributed by atoms with Gasteiger partial charge in [-0.2, -0.15) is 0 Å². The molecular formula is C20H21ClFN3O2. The van der Waals surface area contributed by atoms with Crippen LogP contribution in [0.3, 0.4) is 0 Å². The lowest BCUT2D eigenvalue weighted by Gasteiger charge is -2.24. The standard InChI is InChI=1S/C20H20FN3O2.ClH/c21-14-5-6-16(13-7-8-23-18(13)14)26-20-12-3-1-2-4-15(12)24-19(20)17-11-22-9-10-25-17;/h1-6,17,22-24H,7-11H2;1H/t17-;/m0./s1. The van der Waals surface area contributed by atoms with Crippen molar-refractivity contribution in [2.75, 3.05) is 31.6 Å². The molecule has 1 fully saturated rings. The molecule has 0 bridgehead atoms. The quantitative estimate of drug-likeness (QED) is 0.630. The molecule has 2 aliphatic rings. The van der Waals surface area contributed by atoms with E-state index >= 15 is 0 Å². The zero-order valence-corrected chi connectivity index (χ0v) is 15.5. The van der Waals surface area contributed by atoms with Gasteiger partial charge in [-0.25, -0.2) is 4.39 Å². The average Bonchev–Trinajstić information content (AvgIpc) is 3.31. The predicted molar refractivity (Wildman–Crippen MR) is 106 cm³/mol. The highest BCUT2D eigenvalue weighted by Crippen LogP contribution is 2.42. The fourth-order valence-electron chi connectivity index (χ4n) is 3.78. The molecule has 2 aromatic carbocycles. The third kappa shape index (κ3) is 3.14. The largest absolute Gasteiger partial charge is 0.454 e. The van der Waals surface area contributed by atoms with Gasteiger partial charge in [0.25, 0.3) is 0 Å². The Morgan fingerprint density at radius 1 is 1.11 bits per heavy atom. The van der Waals surface area contributed by atoms with Crippen molar-refractivity contribution in [1.82, 2.24) is 10.3 Å². The molecule has 0 amide bonds. The number of para-hydroxylation sites is 1. The summed E-state index contributed by atoms with van der Waals surface area (Å²) in [5.41, 5.74) is 3.37. The monoisotopic (exact) mass is 389 g/mol. The molecule has 27 heavy (non-hydrogen) atoms. The van der Waals surface area contributed by atoms with E-state index in [0.717, 1.165) is 54.0 Å². The Hall–Kier alpha value is -2.28. The van der Waals surface area contributed by atoms with E-state index in [-0.39, 0.29) is 24.3 Å². The van der Waals surface area contributed by atoms with Crippen LogP contribution in [0.15, 0.2) is 36.4 Å². The van der Waals surface area contributed by atoms with E-state index in [1.165, 1.54) is 6.07 Å². The van der Waals surface area contributed by atoms with Gasteiger partial charge in [0.2, 0.25) is 0 Å². The summed E-state index contributed by atoms with van der Waals surface area (Å²) in [7, 11) is 0. The van der Waals surface area contributed by atoms with Gasteiger partial charge < -0.3 is 25.1 Å². The minimum atomic E-state index is -0.233. The summed E-state index contributed by atoms with van der Waals surface area (Å²) in [4.78, 5) is 3.45. The lowest BCUT2D eigenvalue weighted by molar-refractivity contribution is 0.0243. The van der Waals surface area contributed by atoms with Crippen LogP contribution in [0.1, 0.15) is 17.4 Å². The number of fused-ring (bicyclic) bond motifs is 2. The van der Waals surface area contributed by atoms with Crippen molar-refractivity contribution in [2.24, 2.45) is 0 Å². The fraction of sp³-hybridized carbons (Fsp3) is 0.300. The van der Waals surface area contributed by atoms with Crippen LogP contribution < -0.4 is 15.4 Å². The van der Waals surface area contributed by atoms with Gasteiger partial charge in [-0.1, -0.05) is 12.1 Å². The van der Waals surface area contributed by atoms with E-state index in [2.05, 4.69) is 15.6 Å². The van der Waals surface area contributed by atoms with Gasteiger partial charge in [0, 0.05) is 36.1 Å². The smallest absolute Gasteiger partial charge is 0.158 e. The molecule has 3 N–H and O–H groups in total. The van der Waals surface area contributed by atoms with Gasteiger partial charge in [0.05, 0.1) is 18.0 Å². The first-order chi connectivity index (χ1) is 12.8. The highest BCUT2D eigenvalue weighted by molar-refractivity contribution is 5.88. The van der Waals surface area contributed by atoms with Crippen molar-refractivity contribution in [1.29, 1.82) is 0 Å². The van der Waals surface area contributed by atoms with Crippen molar-refractivity contribution in [3.05, 3.63) is 53.5 Å². The zero-order valence-electron chi connectivity index (χ0n) is 14.7. The van der Waals surface area contributed by atoms with Gasteiger partial charge in [0.15, 0.2) is 5.75 Å². The van der Waals surface area contributed by atoms with Crippen LogP contribution in [0.25, 0.3) is 10.9 Å². The normalized spacial score (nSPS) is 18.6. The first-order valence-electron chi connectivity index (χ1n) is 8.97. The second-order valence-electron chi connectivity index (χ2n) is 6.65. The fourth-order valence-corrected chi connectivity index (χ4v) is 3.78. The van der Waals surface area contributed by atoms with E-state index < -0.39 is 0 Å². The number of anilines is 1. The second kappa shape index (κ2) is 7.38. The number of benzene rings is 2. The molecule has 1 aromatic heterocycles. The van der Waals surface area contributed by atoms with Crippen LogP contribution in [0.4, 0.5) is 10.1 Å². The number of hydrogen-bond acceptors (Lipinski definition) is 4. The number of hydrogen-bond donors (Lipinski definition) is 3. The first-order valence-corrected chi connectivity index (χ1v) is 8.97. The molecule has 0 spiro atoms. The van der Waals surface area contributed by atoms with E-state index in [0.29, 0.717) is 18.0 Å². The van der Waals surface area contributed by atoms with Crippen LogP contribution in [0.2, 0.25) is 0 Å². The van der Waals surface area contributed by atoms with Crippen molar-refractivity contribution >= 4 is 29.0 Å². The zero-order chi connectivity index (χ0) is 17.5. The number of aromatic nitrogens is 1. The minimum absolute atomic E-state index is 0. The summed E-state index contributed by atoms with van der Waals surface area (Å²) < 4.78 is 26.3. The Balaban J connectivity index is 0.00000180. The molecule has 1 atom stereocenters. The number of rotatable bonds is 3. The van der Waals surface area contributed by atoms with Gasteiger partial charge >= 0.3 is 0 Å². The summed E-state index contributed by atoms with van der Waals surface area (Å²) in [5, 5.41) is 7.46. The minimum Gasteiger partial charge on any atom is -0.454 e. The molecule has 1 saturated heterocycles. The summed E-state index contributed by atoms with van der Waals surface area (Å²) in [6, 6.07) is 11.2. The molecule has 142 valence electrons. The number of morpholine rings is 1. The predicted octanol–water partition coefficient (Wildman–Crippen LogP) is 4.15. The highest BCUT2D eigenvalue weighted by atomic mass is 35.5. The topological polar surface area (TPSA) is 58.3 Å². The SMILES string of the molecule is Cl.Fc1ccc(Oc2c([C@@H]3CNCCO3)[nH]c3ccccc23)c2c1NCC2. The Kier molecular flexibility index (Phi) is 4.95. The van der Waals surface area contributed by atoms with E-state index in [1.54, 1.807) is 6.07 Å². The molecule has 5 nitrogen and oxygen atoms in total. The maximum atomic E-state index is 14.0. The number of aromatic amines is 1. The summed E-state index contributed by atoms with van der Waals surface area (Å²) in [5.74, 6) is 1.22. The number of H-pyrrole nitrogens is 1. The van der Waals surface area contributed by atoms with Crippen molar-refractivity contribution < 1.29 is 13.9 Å². The molecule has 3 aromatic rings. The third-order valence-corrected chi connectivity index (χ3v) is 5.04. The number of nitrogens with one attached hydrogen (secondary N) is 3. The van der Waals surface area contributed by atoms with Crippen molar-refractivity contribution in [2.45, 2.75) is 12.5 Å². The van der Waals surface area contributed by atoms with Crippen LogP contribution in [-0.2, 0) is 11.2 Å². The maximum absolute atomic E-state index is 14.0.